The number of likely N-dealkylation sites (tertiary alicyclic amines) is 1. The Bertz CT molecular complexity index is 1890. The average molecular weight is 756 g/mol. The van der Waals surface area contributed by atoms with Crippen molar-refractivity contribution in [3.63, 3.8) is 0 Å². The van der Waals surface area contributed by atoms with Crippen LogP contribution in [0.3, 0.4) is 0 Å². The first-order valence-electron chi connectivity index (χ1n) is 18.1. The molecule has 3 N–H and O–H groups in total. The average Bonchev–Trinajstić information content (AvgIpc) is 3.92. The summed E-state index contributed by atoms with van der Waals surface area (Å²) in [5.74, 6) is -1.62. The number of benzene rings is 1. The molecule has 15 nitrogen and oxygen atoms in total. The summed E-state index contributed by atoms with van der Waals surface area (Å²) in [5.41, 5.74) is -0.950. The Labute approximate surface area is 309 Å². The summed E-state index contributed by atoms with van der Waals surface area (Å²) in [7, 11) is -2.85. The van der Waals surface area contributed by atoms with Crippen LogP contribution in [0.4, 0.5) is 4.79 Å². The van der Waals surface area contributed by atoms with Crippen LogP contribution < -0.4 is 24.8 Å². The summed E-state index contributed by atoms with van der Waals surface area (Å²) < 4.78 is 49.7. The smallest absolute Gasteiger partial charge is 0.408 e. The van der Waals surface area contributed by atoms with Crippen LogP contribution in [0.1, 0.15) is 77.7 Å². The van der Waals surface area contributed by atoms with Gasteiger partial charge in [0, 0.05) is 29.5 Å². The minimum Gasteiger partial charge on any atom is -0.496 e. The number of alkyl carbamates (subject to hydrolysis) is 1. The van der Waals surface area contributed by atoms with Gasteiger partial charge in [0.05, 0.1) is 25.3 Å². The van der Waals surface area contributed by atoms with Crippen molar-refractivity contribution in [1.29, 1.82) is 0 Å². The molecular formula is C37H49N5O10S. The number of hydrogen-bond acceptors (Lipinski definition) is 11. The number of carbonyl (C=O) groups is 4. The van der Waals surface area contributed by atoms with E-state index in [0.29, 0.717) is 35.2 Å². The molecule has 0 bridgehead atoms. The van der Waals surface area contributed by atoms with Gasteiger partial charge in [0.2, 0.25) is 11.8 Å². The molecule has 3 aliphatic carbocycles. The van der Waals surface area contributed by atoms with Crippen LogP contribution in [0.2, 0.25) is 0 Å². The summed E-state index contributed by atoms with van der Waals surface area (Å²) in [4.78, 5) is 61.3. The van der Waals surface area contributed by atoms with E-state index in [1.54, 1.807) is 40.1 Å². The van der Waals surface area contributed by atoms with Crippen molar-refractivity contribution in [1.82, 2.24) is 25.2 Å². The monoisotopic (exact) mass is 755 g/mol. The van der Waals surface area contributed by atoms with Crippen LogP contribution in [0.15, 0.2) is 37.1 Å². The van der Waals surface area contributed by atoms with Gasteiger partial charge in [-0.2, -0.15) is 8.42 Å². The molecule has 3 saturated carbocycles. The molecule has 2 unspecified atom stereocenters. The molecule has 5 atom stereocenters. The summed E-state index contributed by atoms with van der Waals surface area (Å²) in [6, 6.07) is 3.09. The number of rotatable bonds is 13. The summed E-state index contributed by atoms with van der Waals surface area (Å²) in [6.07, 6.45) is 5.60. The quantitative estimate of drug-likeness (QED) is 0.253. The Morgan fingerprint density at radius 2 is 1.75 bits per heavy atom. The van der Waals surface area contributed by atoms with Gasteiger partial charge in [0.25, 0.3) is 5.91 Å². The zero-order valence-corrected chi connectivity index (χ0v) is 31.6. The molecule has 6 rings (SSSR count). The number of nitrogens with one attached hydrogen (secondary N) is 3. The highest BCUT2D eigenvalue weighted by Gasteiger charge is 2.62. The molecule has 2 heterocycles. The van der Waals surface area contributed by atoms with E-state index in [2.05, 4.69) is 22.2 Å². The lowest BCUT2D eigenvalue weighted by molar-refractivity contribution is -0.143. The van der Waals surface area contributed by atoms with Crippen molar-refractivity contribution < 1.29 is 46.0 Å². The highest BCUT2D eigenvalue weighted by molar-refractivity contribution is 7.85. The number of ether oxygens (including phenoxy) is 3. The van der Waals surface area contributed by atoms with Crippen LogP contribution in [0.25, 0.3) is 10.9 Å². The van der Waals surface area contributed by atoms with E-state index in [0.717, 1.165) is 31.2 Å². The highest BCUT2D eigenvalue weighted by Crippen LogP contribution is 2.45. The second kappa shape index (κ2) is 14.8. The number of hydrogen-bond donors (Lipinski definition) is 3. The number of nitrogens with zero attached hydrogens (tertiary/aromatic N) is 2. The minimum absolute atomic E-state index is 0.0272. The number of pyridine rings is 1. The van der Waals surface area contributed by atoms with Gasteiger partial charge in [0.15, 0.2) is 0 Å². The van der Waals surface area contributed by atoms with E-state index >= 15 is 0 Å². The number of methoxy groups -OCH3 is 1. The highest BCUT2D eigenvalue weighted by atomic mass is 32.2. The molecule has 0 spiro atoms. The molecule has 16 heteroatoms. The van der Waals surface area contributed by atoms with E-state index in [-0.39, 0.29) is 25.5 Å². The third-order valence-electron chi connectivity index (χ3n) is 10.4. The van der Waals surface area contributed by atoms with Gasteiger partial charge in [-0.25, -0.2) is 9.52 Å². The zero-order chi connectivity index (χ0) is 38.3. The molecule has 1 aromatic heterocycles. The van der Waals surface area contributed by atoms with E-state index in [4.69, 9.17) is 18.4 Å². The molecule has 1 aromatic carbocycles. The Balaban J connectivity index is 1.27. The second-order valence-electron chi connectivity index (χ2n) is 15.5. The maximum absolute atomic E-state index is 14.5. The number of aryl methyl sites for hydroxylation is 1. The first-order chi connectivity index (χ1) is 25.0. The number of fused-ring (bicyclic) bond motifs is 1. The molecule has 1 aliphatic heterocycles. The van der Waals surface area contributed by atoms with Gasteiger partial charge in [-0.3, -0.25) is 23.6 Å². The van der Waals surface area contributed by atoms with Crippen molar-refractivity contribution in [3.05, 3.63) is 42.6 Å². The van der Waals surface area contributed by atoms with Crippen molar-refractivity contribution in [2.24, 2.45) is 11.3 Å². The van der Waals surface area contributed by atoms with Gasteiger partial charge in [0.1, 0.15) is 41.3 Å². The van der Waals surface area contributed by atoms with Gasteiger partial charge < -0.3 is 29.7 Å². The normalized spacial score (nSPS) is 25.0. The van der Waals surface area contributed by atoms with Crippen molar-refractivity contribution in [3.8, 4) is 11.5 Å². The number of aromatic nitrogens is 1. The molecule has 53 heavy (non-hydrogen) atoms. The fourth-order valence-electron chi connectivity index (χ4n) is 7.23. The minimum atomic E-state index is -4.42. The SMILES string of the molecule is C=CC1C[C@]1(NC(=O)C1C[C@@H](Oc2ccnc3c(C)c(OC)ccc23)CN1C(=O)[C@@H](NC(=O)OC1CCCC1)C(C)(C)C)C(=O)NS(=O)(=O)OC1CC1. The summed E-state index contributed by atoms with van der Waals surface area (Å²) >= 11 is 0. The Morgan fingerprint density at radius 3 is 2.38 bits per heavy atom. The molecule has 2 aromatic rings. The molecule has 4 fully saturated rings. The summed E-state index contributed by atoms with van der Waals surface area (Å²) in [5, 5.41) is 6.23. The molecular weight excluding hydrogens is 706 g/mol. The van der Waals surface area contributed by atoms with E-state index < -0.39 is 75.3 Å². The first kappa shape index (κ1) is 38.3. The Hall–Kier alpha value is -4.44. The maximum Gasteiger partial charge on any atom is 0.408 e. The first-order valence-corrected chi connectivity index (χ1v) is 19.5. The lowest BCUT2D eigenvalue weighted by atomic mass is 9.85. The van der Waals surface area contributed by atoms with Gasteiger partial charge in [-0.15, -0.1) is 6.58 Å². The fraction of sp³-hybridized carbons (Fsp3) is 0.595. The number of amides is 4. The van der Waals surface area contributed by atoms with Gasteiger partial charge in [-0.1, -0.05) is 26.8 Å². The Morgan fingerprint density at radius 1 is 1.04 bits per heavy atom. The van der Waals surface area contributed by atoms with Crippen LogP contribution in [-0.2, 0) is 33.6 Å². The van der Waals surface area contributed by atoms with Crippen LogP contribution in [0.5, 0.6) is 11.5 Å². The fourth-order valence-corrected chi connectivity index (χ4v) is 8.24. The molecule has 288 valence electrons. The predicted molar refractivity (Wildman–Crippen MR) is 193 cm³/mol. The van der Waals surface area contributed by atoms with Gasteiger partial charge >= 0.3 is 16.4 Å². The lowest BCUT2D eigenvalue weighted by Crippen LogP contribution is -2.60. The third kappa shape index (κ3) is 8.38. The van der Waals surface area contributed by atoms with Crippen LogP contribution in [0, 0.1) is 18.3 Å². The Kier molecular flexibility index (Phi) is 10.7. The third-order valence-corrected chi connectivity index (χ3v) is 11.4. The zero-order valence-electron chi connectivity index (χ0n) is 30.8. The lowest BCUT2D eigenvalue weighted by Gasteiger charge is -2.35. The van der Waals surface area contributed by atoms with E-state index in [9.17, 15) is 27.6 Å². The molecule has 4 amide bonds. The van der Waals surface area contributed by atoms with Crippen molar-refractivity contribution in [2.75, 3.05) is 13.7 Å². The number of carbonyl (C=O) groups excluding carboxylic acids is 4. The van der Waals surface area contributed by atoms with E-state index in [1.165, 1.54) is 11.0 Å². The topological polar surface area (TPSA) is 192 Å². The standard InChI is InChI=1S/C37H49N5O10S/c1-7-22-19-37(22,34(45)41-53(47,48)52-24-12-13-24)40-32(43)27-18-25(50-29-16-17-38-30-21(2)28(49-6)15-14-26(29)30)20-42(27)33(44)31(36(3,4)5)39-35(46)51-23-10-8-9-11-23/h7,14-17,22-25,27,31H,1,8-13,18-20H2,2-6H3,(H,39,46)(H,40,43)(H,41,45)/t22?,25-,27?,31-,37-/m1/s1. The molecule has 4 aliphatic rings. The van der Waals surface area contributed by atoms with Crippen molar-refractivity contribution >= 4 is 45.0 Å². The van der Waals surface area contributed by atoms with Gasteiger partial charge in [-0.05, 0) is 75.5 Å². The molecule has 1 saturated heterocycles. The van der Waals surface area contributed by atoms with Crippen LogP contribution in [-0.4, -0.2) is 91.7 Å². The molecule has 0 radical (unpaired) electrons. The predicted octanol–water partition coefficient (Wildman–Crippen LogP) is 3.58. The van der Waals surface area contributed by atoms with Crippen LogP contribution >= 0.6 is 0 Å². The van der Waals surface area contributed by atoms with E-state index in [1.807, 2.05) is 23.8 Å². The maximum atomic E-state index is 14.5. The summed E-state index contributed by atoms with van der Waals surface area (Å²) in [6.45, 7) is 11.0. The second-order valence-corrected chi connectivity index (χ2v) is 16.8. The largest absolute Gasteiger partial charge is 0.496 e. The van der Waals surface area contributed by atoms with Crippen molar-refractivity contribution in [2.45, 2.75) is 115 Å².